The van der Waals surface area contributed by atoms with E-state index in [9.17, 15) is 4.79 Å². The van der Waals surface area contributed by atoms with Gasteiger partial charge in [-0.15, -0.1) is 6.58 Å². The van der Waals surface area contributed by atoms with E-state index in [0.29, 0.717) is 6.42 Å². The summed E-state index contributed by atoms with van der Waals surface area (Å²) in [5.41, 5.74) is 4.87. The maximum Gasteiger partial charge on any atom is 0.324 e. The summed E-state index contributed by atoms with van der Waals surface area (Å²) >= 11 is 0. The zero-order valence-electron chi connectivity index (χ0n) is 8.54. The van der Waals surface area contributed by atoms with Crippen LogP contribution in [0.2, 0.25) is 0 Å². The Morgan fingerprint density at radius 2 is 2.07 bits per heavy atom. The molecule has 14 heavy (non-hydrogen) atoms. The topological polar surface area (TPSA) is 63.3 Å². The van der Waals surface area contributed by atoms with Gasteiger partial charge in [0.05, 0.1) is 0 Å². The zero-order valence-corrected chi connectivity index (χ0v) is 8.54. The van der Waals surface area contributed by atoms with Crippen molar-refractivity contribution in [2.24, 2.45) is 11.7 Å². The second kappa shape index (κ2) is 4.60. The lowest BCUT2D eigenvalue weighted by Gasteiger charge is -2.35. The Bertz CT molecular complexity index is 221. The molecule has 1 aliphatic rings. The van der Waals surface area contributed by atoms with Crippen LogP contribution in [0.4, 0.5) is 0 Å². The second-order valence-electron chi connectivity index (χ2n) is 4.17. The number of nitrogens with two attached hydrogens (primary N) is 1. The second-order valence-corrected chi connectivity index (χ2v) is 4.17. The Kier molecular flexibility index (Phi) is 3.69. The quantitative estimate of drug-likeness (QED) is 0.677. The van der Waals surface area contributed by atoms with Crippen LogP contribution in [0.3, 0.4) is 0 Å². The molecule has 0 aromatic heterocycles. The highest BCUT2D eigenvalue weighted by atomic mass is 16.4. The Labute approximate surface area is 85.0 Å². The van der Waals surface area contributed by atoms with E-state index >= 15 is 0 Å². The lowest BCUT2D eigenvalue weighted by atomic mass is 9.73. The number of carboxylic acid groups (broad SMARTS) is 1. The molecular weight excluding hydrogens is 178 g/mol. The summed E-state index contributed by atoms with van der Waals surface area (Å²) in [6.07, 6.45) is 7.28. The maximum absolute atomic E-state index is 11.1. The third kappa shape index (κ3) is 2.15. The van der Waals surface area contributed by atoms with Gasteiger partial charge in [-0.2, -0.15) is 0 Å². The number of carbonyl (C=O) groups is 1. The van der Waals surface area contributed by atoms with Gasteiger partial charge in [0.1, 0.15) is 5.54 Å². The SMILES string of the molecule is C=CC[C@@](N)(C(=O)O)C1CCCCC1. The molecule has 1 fully saturated rings. The molecule has 0 aromatic carbocycles. The summed E-state index contributed by atoms with van der Waals surface area (Å²) in [6.45, 7) is 3.58. The molecule has 1 saturated carbocycles. The largest absolute Gasteiger partial charge is 0.480 e. The Morgan fingerprint density at radius 3 is 2.50 bits per heavy atom. The van der Waals surface area contributed by atoms with Crippen LogP contribution in [0.15, 0.2) is 12.7 Å². The van der Waals surface area contributed by atoms with E-state index in [1.165, 1.54) is 6.42 Å². The molecule has 1 atom stereocenters. The maximum atomic E-state index is 11.1. The Balaban J connectivity index is 2.74. The lowest BCUT2D eigenvalue weighted by molar-refractivity contribution is -0.146. The van der Waals surface area contributed by atoms with Crippen LogP contribution in [0.1, 0.15) is 38.5 Å². The average Bonchev–Trinajstić information content (AvgIpc) is 2.19. The smallest absolute Gasteiger partial charge is 0.324 e. The molecule has 3 N–H and O–H groups in total. The van der Waals surface area contributed by atoms with Crippen molar-refractivity contribution in [2.75, 3.05) is 0 Å². The van der Waals surface area contributed by atoms with Crippen molar-refractivity contribution < 1.29 is 9.90 Å². The van der Waals surface area contributed by atoms with Crippen molar-refractivity contribution in [3.05, 3.63) is 12.7 Å². The highest BCUT2D eigenvalue weighted by molar-refractivity contribution is 5.79. The van der Waals surface area contributed by atoms with E-state index in [1.54, 1.807) is 6.08 Å². The summed E-state index contributed by atoms with van der Waals surface area (Å²) < 4.78 is 0. The van der Waals surface area contributed by atoms with E-state index < -0.39 is 11.5 Å². The first-order valence-corrected chi connectivity index (χ1v) is 5.24. The molecule has 0 heterocycles. The molecule has 1 aliphatic carbocycles. The summed E-state index contributed by atoms with van der Waals surface area (Å²) in [4.78, 5) is 11.1. The van der Waals surface area contributed by atoms with Gasteiger partial charge in [0.25, 0.3) is 0 Å². The predicted octanol–water partition coefficient (Wildman–Crippen LogP) is 1.92. The minimum atomic E-state index is -1.08. The van der Waals surface area contributed by atoms with Crippen molar-refractivity contribution in [1.29, 1.82) is 0 Å². The van der Waals surface area contributed by atoms with Crippen LogP contribution in [0, 0.1) is 5.92 Å². The van der Waals surface area contributed by atoms with Crippen LogP contribution < -0.4 is 5.73 Å². The van der Waals surface area contributed by atoms with Crippen LogP contribution >= 0.6 is 0 Å². The van der Waals surface area contributed by atoms with Crippen LogP contribution in [-0.2, 0) is 4.79 Å². The van der Waals surface area contributed by atoms with Crippen molar-refractivity contribution in [3.8, 4) is 0 Å². The van der Waals surface area contributed by atoms with E-state index in [-0.39, 0.29) is 5.92 Å². The van der Waals surface area contributed by atoms with E-state index in [2.05, 4.69) is 6.58 Å². The Morgan fingerprint density at radius 1 is 1.50 bits per heavy atom. The van der Waals surface area contributed by atoms with Gasteiger partial charge < -0.3 is 10.8 Å². The van der Waals surface area contributed by atoms with Crippen molar-refractivity contribution in [3.63, 3.8) is 0 Å². The summed E-state index contributed by atoms with van der Waals surface area (Å²) in [5.74, 6) is -0.768. The third-order valence-corrected chi connectivity index (χ3v) is 3.21. The molecule has 3 heteroatoms. The van der Waals surface area contributed by atoms with Gasteiger partial charge in [0, 0.05) is 0 Å². The summed E-state index contributed by atoms with van der Waals surface area (Å²) in [7, 11) is 0. The summed E-state index contributed by atoms with van der Waals surface area (Å²) in [5, 5.41) is 9.14. The lowest BCUT2D eigenvalue weighted by Crippen LogP contribution is -2.54. The van der Waals surface area contributed by atoms with Gasteiger partial charge in [-0.3, -0.25) is 4.79 Å². The zero-order chi connectivity index (χ0) is 10.6. The number of hydrogen-bond acceptors (Lipinski definition) is 2. The number of rotatable bonds is 4. The number of aliphatic carboxylic acids is 1. The molecule has 1 rings (SSSR count). The van der Waals surface area contributed by atoms with Gasteiger partial charge in [0.2, 0.25) is 0 Å². The van der Waals surface area contributed by atoms with Crippen molar-refractivity contribution >= 4 is 5.97 Å². The van der Waals surface area contributed by atoms with E-state index in [1.807, 2.05) is 0 Å². The molecular formula is C11H19NO2. The molecule has 0 bridgehead atoms. The van der Waals surface area contributed by atoms with Crippen molar-refractivity contribution in [1.82, 2.24) is 0 Å². The predicted molar refractivity (Wildman–Crippen MR) is 55.9 cm³/mol. The van der Waals surface area contributed by atoms with Gasteiger partial charge >= 0.3 is 5.97 Å². The molecule has 0 amide bonds. The molecule has 3 nitrogen and oxygen atoms in total. The first-order valence-electron chi connectivity index (χ1n) is 5.24. The highest BCUT2D eigenvalue weighted by Gasteiger charge is 2.41. The average molecular weight is 197 g/mol. The molecule has 0 spiro atoms. The fraction of sp³-hybridized carbons (Fsp3) is 0.727. The standard InChI is InChI=1S/C11H19NO2/c1-2-8-11(12,10(13)14)9-6-4-3-5-7-9/h2,9H,1,3-8,12H2,(H,13,14)/t11-/m0/s1. The van der Waals surface area contributed by atoms with Crippen LogP contribution in [0.5, 0.6) is 0 Å². The fourth-order valence-electron chi connectivity index (χ4n) is 2.29. The molecule has 80 valence electrons. The molecule has 0 aliphatic heterocycles. The number of carboxylic acids is 1. The number of hydrogen-bond donors (Lipinski definition) is 2. The monoisotopic (exact) mass is 197 g/mol. The highest BCUT2D eigenvalue weighted by Crippen LogP contribution is 2.33. The van der Waals surface area contributed by atoms with Gasteiger partial charge in [0.15, 0.2) is 0 Å². The van der Waals surface area contributed by atoms with Crippen molar-refractivity contribution in [2.45, 2.75) is 44.1 Å². The van der Waals surface area contributed by atoms with Gasteiger partial charge in [-0.05, 0) is 25.2 Å². The normalized spacial score (nSPS) is 22.6. The summed E-state index contributed by atoms with van der Waals surface area (Å²) in [6, 6.07) is 0. The van der Waals surface area contributed by atoms with Crippen LogP contribution in [-0.4, -0.2) is 16.6 Å². The van der Waals surface area contributed by atoms with Gasteiger partial charge in [-0.25, -0.2) is 0 Å². The first kappa shape index (κ1) is 11.2. The molecule has 0 aromatic rings. The molecule has 0 radical (unpaired) electrons. The minimum Gasteiger partial charge on any atom is -0.480 e. The van der Waals surface area contributed by atoms with Gasteiger partial charge in [-0.1, -0.05) is 25.3 Å². The molecule has 0 unspecified atom stereocenters. The third-order valence-electron chi connectivity index (χ3n) is 3.21. The first-order chi connectivity index (χ1) is 6.61. The minimum absolute atomic E-state index is 0.117. The van der Waals surface area contributed by atoms with Crippen LogP contribution in [0.25, 0.3) is 0 Å². The fourth-order valence-corrected chi connectivity index (χ4v) is 2.29. The van der Waals surface area contributed by atoms with E-state index in [4.69, 9.17) is 10.8 Å². The Hall–Kier alpha value is -0.830. The molecule has 0 saturated heterocycles. The van der Waals surface area contributed by atoms with E-state index in [0.717, 1.165) is 25.7 Å².